The maximum absolute atomic E-state index is 13.0. The highest BCUT2D eigenvalue weighted by molar-refractivity contribution is 7.89. The van der Waals surface area contributed by atoms with Crippen LogP contribution < -0.4 is 9.47 Å². The summed E-state index contributed by atoms with van der Waals surface area (Å²) in [6.07, 6.45) is 1.81. The van der Waals surface area contributed by atoms with Crippen LogP contribution in [0.5, 0.6) is 17.2 Å². The van der Waals surface area contributed by atoms with Crippen LogP contribution in [0.2, 0.25) is 0 Å². The summed E-state index contributed by atoms with van der Waals surface area (Å²) in [5, 5.41) is 8.89. The van der Waals surface area contributed by atoms with Crippen LogP contribution in [0.15, 0.2) is 77.7 Å². The van der Waals surface area contributed by atoms with Crippen molar-refractivity contribution >= 4 is 16.2 Å². The number of hydrogen-bond acceptors (Lipinski definition) is 6. The maximum atomic E-state index is 13.0. The first-order valence-corrected chi connectivity index (χ1v) is 14.3. The van der Waals surface area contributed by atoms with Crippen molar-refractivity contribution in [1.82, 2.24) is 4.31 Å². The van der Waals surface area contributed by atoms with E-state index in [1.54, 1.807) is 24.3 Å². The topological polar surface area (TPSA) is 102 Å². The third-order valence-electron chi connectivity index (χ3n) is 6.32. The molecule has 0 radical (unpaired) electrons. The van der Waals surface area contributed by atoms with Crippen LogP contribution in [0, 0.1) is 0 Å². The Morgan fingerprint density at radius 1 is 1.00 bits per heavy atom. The lowest BCUT2D eigenvalue weighted by atomic mass is 10.1. The highest BCUT2D eigenvalue weighted by Gasteiger charge is 2.37. The number of carboxylic acid groups (broad SMARTS) is 1. The molecule has 1 atom stereocenters. The molecule has 3 aromatic rings. The Morgan fingerprint density at radius 2 is 1.76 bits per heavy atom. The van der Waals surface area contributed by atoms with Gasteiger partial charge in [-0.25, -0.2) is 13.2 Å². The second-order valence-corrected chi connectivity index (χ2v) is 11.0. The van der Waals surface area contributed by atoms with Crippen molar-refractivity contribution in [1.29, 1.82) is 0 Å². The molecule has 0 aliphatic carbocycles. The molecule has 1 aliphatic rings. The minimum atomic E-state index is -3.84. The van der Waals surface area contributed by atoms with Gasteiger partial charge in [0.1, 0.15) is 17.2 Å². The minimum absolute atomic E-state index is 0.125. The fourth-order valence-corrected chi connectivity index (χ4v) is 6.07. The zero-order valence-corrected chi connectivity index (χ0v) is 22.2. The Morgan fingerprint density at radius 3 is 2.47 bits per heavy atom. The van der Waals surface area contributed by atoms with Crippen molar-refractivity contribution in [3.05, 3.63) is 83.9 Å². The Balaban J connectivity index is 1.31. The van der Waals surface area contributed by atoms with Crippen LogP contribution >= 0.6 is 0 Å². The molecule has 1 fully saturated rings. The molecule has 0 unspecified atom stereocenters. The van der Waals surface area contributed by atoms with Crippen LogP contribution in [0.1, 0.15) is 43.7 Å². The summed E-state index contributed by atoms with van der Waals surface area (Å²) in [6, 6.07) is 22.2. The fraction of sp³-hybridized carbons (Fsp3) is 0.345. The third-order valence-corrected chi connectivity index (χ3v) is 8.22. The lowest BCUT2D eigenvalue weighted by Gasteiger charge is -2.22. The molecule has 1 aliphatic heterocycles. The number of benzene rings is 3. The molecule has 3 aromatic carbocycles. The monoisotopic (exact) mass is 539 g/mol. The van der Waals surface area contributed by atoms with Crippen LogP contribution in [-0.4, -0.2) is 43.4 Å². The predicted molar refractivity (Wildman–Crippen MR) is 143 cm³/mol. The predicted octanol–water partition coefficient (Wildman–Crippen LogP) is 6.25. The normalized spacial score (nSPS) is 15.8. The van der Waals surface area contributed by atoms with E-state index in [1.807, 2.05) is 48.5 Å². The van der Waals surface area contributed by atoms with Crippen molar-refractivity contribution in [3.63, 3.8) is 0 Å². The minimum Gasteiger partial charge on any atom is -0.493 e. The average Bonchev–Trinajstić information content (AvgIpc) is 3.37. The summed E-state index contributed by atoms with van der Waals surface area (Å²) >= 11 is 0. The first-order valence-electron chi connectivity index (χ1n) is 12.9. The number of sulfonamides is 1. The van der Waals surface area contributed by atoms with Crippen LogP contribution in [0.3, 0.4) is 0 Å². The molecule has 9 heteroatoms. The summed E-state index contributed by atoms with van der Waals surface area (Å²) in [4.78, 5) is 11.0. The highest BCUT2D eigenvalue weighted by Crippen LogP contribution is 2.30. The van der Waals surface area contributed by atoms with E-state index < -0.39 is 22.4 Å². The Kier molecular flexibility index (Phi) is 9.25. The molecule has 38 heavy (non-hydrogen) atoms. The van der Waals surface area contributed by atoms with Gasteiger partial charge in [-0.2, -0.15) is 4.31 Å². The third kappa shape index (κ3) is 7.05. The van der Waals surface area contributed by atoms with Crippen molar-refractivity contribution < 1.29 is 32.5 Å². The number of hydrogen-bond donors (Lipinski definition) is 1. The van der Waals surface area contributed by atoms with Crippen molar-refractivity contribution in [3.8, 4) is 17.2 Å². The Labute approximate surface area is 223 Å². The Bertz CT molecular complexity index is 1310. The lowest BCUT2D eigenvalue weighted by molar-refractivity contribution is 0.0170. The molecule has 0 bridgehead atoms. The molecule has 8 nitrogen and oxygen atoms in total. The highest BCUT2D eigenvalue weighted by atomic mass is 32.2. The fourth-order valence-electron chi connectivity index (χ4n) is 4.49. The largest absolute Gasteiger partial charge is 0.507 e. The molecule has 1 saturated heterocycles. The van der Waals surface area contributed by atoms with E-state index in [-0.39, 0.29) is 11.4 Å². The summed E-state index contributed by atoms with van der Waals surface area (Å²) in [5.41, 5.74) is 2.09. The van der Waals surface area contributed by atoms with Gasteiger partial charge in [0.05, 0.1) is 11.5 Å². The molecule has 0 amide bonds. The number of nitrogens with zero attached hydrogens (tertiary/aromatic N) is 1. The zero-order valence-electron chi connectivity index (χ0n) is 21.4. The standard InChI is InChI=1S/C29H33NO7S/c1-2-8-23-21-25(36-24-10-4-3-5-11-24)15-18-27(23)35-20-7-9-22-13-16-26(17-14-22)38(33,34)30-19-6-12-28(30)37-29(31)32/h3-5,10-11,13-18,21,28H,2,6-9,12,19-20H2,1H3,(H,31,32)/t28-/m1/s1. The molecule has 4 rings (SSSR count). The number of aryl methyl sites for hydroxylation is 2. The summed E-state index contributed by atoms with van der Waals surface area (Å²) in [6.45, 7) is 2.89. The van der Waals surface area contributed by atoms with Gasteiger partial charge in [0.2, 0.25) is 10.0 Å². The van der Waals surface area contributed by atoms with Gasteiger partial charge in [0, 0.05) is 13.0 Å². The number of ether oxygens (including phenoxy) is 3. The van der Waals surface area contributed by atoms with Crippen LogP contribution in [-0.2, 0) is 27.6 Å². The van der Waals surface area contributed by atoms with Gasteiger partial charge < -0.3 is 19.3 Å². The van der Waals surface area contributed by atoms with E-state index in [9.17, 15) is 13.2 Å². The zero-order chi connectivity index (χ0) is 27.0. The molecular weight excluding hydrogens is 506 g/mol. The van der Waals surface area contributed by atoms with E-state index in [0.717, 1.165) is 58.4 Å². The molecule has 0 spiro atoms. The van der Waals surface area contributed by atoms with Gasteiger partial charge in [-0.05, 0) is 79.3 Å². The molecular formula is C29H33NO7S. The number of rotatable bonds is 12. The summed E-state index contributed by atoms with van der Waals surface area (Å²) in [5.74, 6) is 2.41. The first kappa shape index (κ1) is 27.5. The van der Waals surface area contributed by atoms with E-state index >= 15 is 0 Å². The SMILES string of the molecule is CCCc1cc(Oc2ccccc2)ccc1OCCCc1ccc(S(=O)(=O)N2CCC[C@H]2OC(=O)O)cc1. The second kappa shape index (κ2) is 12.8. The first-order chi connectivity index (χ1) is 18.4. The smallest absolute Gasteiger partial charge is 0.493 e. The maximum Gasteiger partial charge on any atom is 0.507 e. The van der Waals surface area contributed by atoms with E-state index in [1.165, 1.54) is 0 Å². The second-order valence-electron chi connectivity index (χ2n) is 9.13. The van der Waals surface area contributed by atoms with Crippen LogP contribution in [0.4, 0.5) is 4.79 Å². The quantitative estimate of drug-likeness (QED) is 0.214. The summed E-state index contributed by atoms with van der Waals surface area (Å²) in [7, 11) is -3.84. The van der Waals surface area contributed by atoms with Gasteiger partial charge in [0.15, 0.2) is 6.23 Å². The van der Waals surface area contributed by atoms with Crippen molar-refractivity contribution in [2.45, 2.75) is 56.6 Å². The van der Waals surface area contributed by atoms with Crippen LogP contribution in [0.25, 0.3) is 0 Å². The van der Waals surface area contributed by atoms with E-state index in [2.05, 4.69) is 6.92 Å². The Hall–Kier alpha value is -3.56. The molecule has 202 valence electrons. The van der Waals surface area contributed by atoms with Gasteiger partial charge >= 0.3 is 6.16 Å². The van der Waals surface area contributed by atoms with Crippen molar-refractivity contribution in [2.75, 3.05) is 13.2 Å². The van der Waals surface area contributed by atoms with Crippen molar-refractivity contribution in [2.24, 2.45) is 0 Å². The van der Waals surface area contributed by atoms with Gasteiger partial charge in [0.25, 0.3) is 0 Å². The van der Waals surface area contributed by atoms with Gasteiger partial charge in [-0.3, -0.25) is 0 Å². The number of para-hydroxylation sites is 1. The van der Waals surface area contributed by atoms with E-state index in [0.29, 0.717) is 19.4 Å². The molecule has 1 N–H and O–H groups in total. The van der Waals surface area contributed by atoms with Gasteiger partial charge in [-0.1, -0.05) is 43.7 Å². The number of carbonyl (C=O) groups is 1. The van der Waals surface area contributed by atoms with E-state index in [4.69, 9.17) is 19.3 Å². The molecule has 0 saturated carbocycles. The van der Waals surface area contributed by atoms with Gasteiger partial charge in [-0.15, -0.1) is 0 Å². The molecule has 0 aromatic heterocycles. The summed E-state index contributed by atoms with van der Waals surface area (Å²) < 4.78 is 43.9. The molecule has 1 heterocycles. The average molecular weight is 540 g/mol. The lowest BCUT2D eigenvalue weighted by Crippen LogP contribution is -2.38.